The largest absolute Gasteiger partial charge is 0.484 e. The number of benzene rings is 12. The maximum atomic E-state index is 15.4. The van der Waals surface area contributed by atoms with Crippen molar-refractivity contribution < 1.29 is 76.3 Å². The Bertz CT molecular complexity index is 5910. The number of carbonyl (C=O) groups is 8. The number of carbonyl (C=O) groups excluding carboxylic acids is 8. The Hall–Kier alpha value is -14.9. The molecular formula is C107H107N11O16S2. The normalized spacial score (nSPS) is 15.6. The van der Waals surface area contributed by atoms with Crippen LogP contribution < -0.4 is 75.1 Å². The van der Waals surface area contributed by atoms with Gasteiger partial charge in [0.25, 0.3) is 47.3 Å². The molecule has 0 atom stereocenters. The van der Waals surface area contributed by atoms with Gasteiger partial charge in [-0.3, -0.25) is 58.0 Å². The van der Waals surface area contributed by atoms with Crippen LogP contribution in [0, 0.1) is 0 Å². The van der Waals surface area contributed by atoms with Gasteiger partial charge in [-0.1, -0.05) is 267 Å². The molecule has 698 valence electrons. The zero-order chi connectivity index (χ0) is 94.0. The molecule has 4 heterocycles. The first kappa shape index (κ1) is 95.7. The number of hydrogen-bond acceptors (Lipinski definition) is 21. The van der Waals surface area contributed by atoms with Crippen LogP contribution in [0.25, 0.3) is 0 Å². The highest BCUT2D eigenvalue weighted by atomic mass is 32.2. The number of fused-ring (bicyclic) bond motifs is 21. The molecule has 136 heavy (non-hydrogen) atoms. The minimum Gasteiger partial charge on any atom is -0.484 e. The summed E-state index contributed by atoms with van der Waals surface area (Å²) in [5.74, 6) is -3.68. The van der Waals surface area contributed by atoms with Gasteiger partial charge in [-0.15, -0.1) is 0 Å². The topological polar surface area (TPSA) is 308 Å². The third-order valence-corrected chi connectivity index (χ3v) is 24.4. The third kappa shape index (κ3) is 26.6. The zero-order valence-electron chi connectivity index (χ0n) is 75.2. The average molecular weight is 1870 g/mol. The molecule has 12 aromatic carbocycles. The van der Waals surface area contributed by atoms with E-state index in [1.54, 1.807) is 12.1 Å². The van der Waals surface area contributed by atoms with Gasteiger partial charge in [-0.25, -0.2) is 0 Å². The molecule has 4 aliphatic heterocycles. The second-order valence-electron chi connectivity index (χ2n) is 32.4. The number of nitrogens with one attached hydrogen (secondary N) is 7. The molecule has 0 saturated carbocycles. The zero-order valence-corrected chi connectivity index (χ0v) is 76.9. The van der Waals surface area contributed by atoms with Crippen LogP contribution in [0.15, 0.2) is 291 Å². The van der Waals surface area contributed by atoms with E-state index in [1.165, 1.54) is 53.1 Å². The molecule has 27 nitrogen and oxygen atoms in total. The van der Waals surface area contributed by atoms with Crippen molar-refractivity contribution in [1.29, 1.82) is 0 Å². The maximum Gasteiger partial charge on any atom is 0.263 e. The van der Waals surface area contributed by atoms with Gasteiger partial charge in [0.2, 0.25) is 0 Å². The fourth-order valence-corrected chi connectivity index (χ4v) is 16.8. The Labute approximate surface area is 799 Å². The smallest absolute Gasteiger partial charge is 0.263 e. The summed E-state index contributed by atoms with van der Waals surface area (Å²) in [6.07, 6.45) is 0. The van der Waals surface area contributed by atoms with E-state index in [2.05, 4.69) is 37.2 Å². The Kier molecular flexibility index (Phi) is 34.6. The van der Waals surface area contributed by atoms with Crippen molar-refractivity contribution in [3.63, 3.8) is 0 Å². The van der Waals surface area contributed by atoms with Gasteiger partial charge >= 0.3 is 0 Å². The van der Waals surface area contributed by atoms with E-state index in [4.69, 9.17) is 50.1 Å². The van der Waals surface area contributed by atoms with Gasteiger partial charge < -0.3 is 75.1 Å². The van der Waals surface area contributed by atoms with E-state index < -0.39 is 47.3 Å². The van der Waals surface area contributed by atoms with Crippen LogP contribution in [0.2, 0.25) is 0 Å². The van der Waals surface area contributed by atoms with Gasteiger partial charge in [-0.05, 0) is 93.0 Å². The van der Waals surface area contributed by atoms with E-state index in [9.17, 15) is 4.79 Å². The molecule has 12 aromatic rings. The molecule has 1 fully saturated rings. The Morgan fingerprint density at radius 3 is 0.772 bits per heavy atom. The lowest BCUT2D eigenvalue weighted by Gasteiger charge is -2.28. The van der Waals surface area contributed by atoms with Gasteiger partial charge in [0.05, 0.1) is 44.5 Å². The molecule has 4 aliphatic rings. The molecular weight excluding hydrogens is 1760 g/mol. The van der Waals surface area contributed by atoms with Crippen LogP contribution >= 0.6 is 24.0 Å². The Balaban J connectivity index is 0.827. The molecule has 7 N–H and O–H groups in total. The maximum absolute atomic E-state index is 15.4. The van der Waals surface area contributed by atoms with E-state index in [0.717, 1.165) is 44.5 Å². The van der Waals surface area contributed by atoms with Crippen LogP contribution in [0.4, 0.5) is 0 Å². The summed E-state index contributed by atoms with van der Waals surface area (Å²) in [5, 5.41) is 21.9. The quantitative estimate of drug-likeness (QED) is 0.0214. The molecule has 0 aliphatic carbocycles. The van der Waals surface area contributed by atoms with Crippen LogP contribution in [0.1, 0.15) is 127 Å². The number of nitrogens with zero attached hydrogens (tertiary/aromatic N) is 4. The lowest BCUT2D eigenvalue weighted by atomic mass is 10.1. The van der Waals surface area contributed by atoms with Crippen molar-refractivity contribution >= 4 is 75.6 Å². The summed E-state index contributed by atoms with van der Waals surface area (Å²) in [6.45, 7) is 1.69. The molecule has 0 spiro atoms. The van der Waals surface area contributed by atoms with Crippen molar-refractivity contribution in [1.82, 2.24) is 56.8 Å². The predicted octanol–water partition coefficient (Wildman–Crippen LogP) is 13.9. The SMILES string of the molecule is O=C1NCCN2CCNC(=O)c3ccc(c(OCc4ccccc4)c3OCc3ccccc3)C(=O)NCCN(CCNC(=O)c3ccc1c(OCc1ccccc1)c3OCc1ccccc1)CCN(CCNC(=O)c1ccc(C(=O)N3CCSC3=S)c(OCc3ccccc3)c1OCc1ccccc1)CCNC(=O)c1ccc(c(OCc3ccccc3)c1OCc1ccccc1)C(=O)NCC2. The van der Waals surface area contributed by atoms with Crippen molar-refractivity contribution in [2.45, 2.75) is 52.9 Å². The monoisotopic (exact) mass is 1870 g/mol. The Morgan fingerprint density at radius 2 is 0.515 bits per heavy atom. The van der Waals surface area contributed by atoms with E-state index in [-0.39, 0.29) is 248 Å². The van der Waals surface area contributed by atoms with Crippen molar-refractivity contribution in [2.75, 3.05) is 117 Å². The van der Waals surface area contributed by atoms with Crippen molar-refractivity contribution in [3.05, 3.63) is 380 Å². The van der Waals surface area contributed by atoms with Crippen LogP contribution in [-0.2, 0) is 52.9 Å². The van der Waals surface area contributed by atoms with E-state index in [1.807, 2.05) is 257 Å². The van der Waals surface area contributed by atoms with Gasteiger partial charge in [0, 0.05) is 117 Å². The summed E-state index contributed by atoms with van der Waals surface area (Å²) in [5.41, 5.74) is 6.73. The Morgan fingerprint density at radius 1 is 0.279 bits per heavy atom. The number of amides is 8. The summed E-state index contributed by atoms with van der Waals surface area (Å²) in [7, 11) is 0. The van der Waals surface area contributed by atoms with Crippen LogP contribution in [0.5, 0.6) is 46.0 Å². The average Bonchev–Trinajstić information content (AvgIpc) is 0.992. The second-order valence-corrected chi connectivity index (χ2v) is 34.1. The fourth-order valence-electron chi connectivity index (χ4n) is 15.6. The highest BCUT2D eigenvalue weighted by Gasteiger charge is 2.34. The number of thiocarbonyl (C=S) groups is 1. The predicted molar refractivity (Wildman–Crippen MR) is 524 cm³/mol. The van der Waals surface area contributed by atoms with Gasteiger partial charge in [0.1, 0.15) is 57.2 Å². The standard InChI is InChI=1S/C107H107N11O16S2/c119-99-83-41-44-86(94(130-70-78-31-15-4-16-32-78)91(83)127-67-75-25-9-1-10-26-75)102(122)111-52-59-116-60-53-112-103(123)87-45-42-84(92(128-68-76-27-11-2-12-28-76)95(87)131-71-79-33-17-5-18-34-79)100(120)109-50-57-115(56-49-108-99)58-51-110-101(121)85-43-46-88(96(132-72-80-35-19-6-20-36-80)93(85)129-69-77-29-13-3-14-30-77)104(124)113-54-61-117(64-63-116)62-55-114-105(125)89-47-48-90(106(126)118-65-66-136-107(118)135)98(134-74-82-39-23-8-24-40-82)97(89)133-73-81-37-21-7-22-38-81/h1-48H,49-74H2,(H,108,119)(H,109,120)(H,110,121)(H,111,122)(H,112,123)(H,113,124)(H,114,125). The molecule has 8 bridgehead atoms. The summed E-state index contributed by atoms with van der Waals surface area (Å²) in [4.78, 5) is 130. The van der Waals surface area contributed by atoms with Crippen molar-refractivity contribution in [3.8, 4) is 46.0 Å². The minimum absolute atomic E-state index is 0.00126. The molecule has 0 aromatic heterocycles. The van der Waals surface area contributed by atoms with E-state index >= 15 is 33.6 Å². The summed E-state index contributed by atoms with van der Waals surface area (Å²) >= 11 is 7.09. The molecule has 29 heteroatoms. The fraction of sp³-hybridized carbons (Fsp3) is 0.243. The van der Waals surface area contributed by atoms with Gasteiger partial charge in [-0.2, -0.15) is 0 Å². The second kappa shape index (κ2) is 49.2. The highest BCUT2D eigenvalue weighted by molar-refractivity contribution is 8.23. The lowest BCUT2D eigenvalue weighted by Crippen LogP contribution is -2.46. The first-order chi connectivity index (χ1) is 66.7. The van der Waals surface area contributed by atoms with Crippen LogP contribution in [0.3, 0.4) is 0 Å². The number of ether oxygens (including phenoxy) is 8. The van der Waals surface area contributed by atoms with E-state index in [0.29, 0.717) is 16.6 Å². The highest BCUT2D eigenvalue weighted by Crippen LogP contribution is 2.43. The number of thioether (sulfide) groups is 1. The molecule has 0 radical (unpaired) electrons. The number of rotatable bonds is 29. The van der Waals surface area contributed by atoms with Gasteiger partial charge in [0.15, 0.2) is 46.0 Å². The number of hydrogen-bond donors (Lipinski definition) is 7. The molecule has 8 amide bonds. The summed E-state index contributed by atoms with van der Waals surface area (Å²) in [6, 6.07) is 87.4. The molecule has 1 saturated heterocycles. The lowest BCUT2D eigenvalue weighted by molar-refractivity contribution is 0.0850. The van der Waals surface area contributed by atoms with Crippen molar-refractivity contribution in [2.24, 2.45) is 0 Å². The molecule has 0 unspecified atom stereocenters. The molecule has 16 rings (SSSR count). The first-order valence-corrected chi connectivity index (χ1v) is 46.8. The first-order valence-electron chi connectivity index (χ1n) is 45.4. The minimum atomic E-state index is -0.580. The van der Waals surface area contributed by atoms with Crippen LogP contribution in [-0.4, -0.2) is 188 Å². The third-order valence-electron chi connectivity index (χ3n) is 22.9. The summed E-state index contributed by atoms with van der Waals surface area (Å²) < 4.78 is 54.1.